The van der Waals surface area contributed by atoms with E-state index in [4.69, 9.17) is 13.3 Å². The second kappa shape index (κ2) is 22.7. The lowest BCUT2D eigenvalue weighted by Gasteiger charge is -2.44. The molecule has 53 heavy (non-hydrogen) atoms. The number of nitrogens with zero attached hydrogens (tertiary/aromatic N) is 3. The van der Waals surface area contributed by atoms with Crippen LogP contribution in [-0.4, -0.2) is 53.8 Å². The number of azide groups is 1. The number of carbonyl (C=O) groups excluding carboxylic acids is 1. The molecule has 11 heteroatoms. The first kappa shape index (κ1) is 43.9. The van der Waals surface area contributed by atoms with Crippen molar-refractivity contribution in [2.75, 3.05) is 12.9 Å². The second-order valence-corrected chi connectivity index (χ2v) is 20.9. The summed E-state index contributed by atoms with van der Waals surface area (Å²) in [6, 6.07) is 27.4. The average molecular weight is 764 g/mol. The molecule has 3 aromatic rings. The van der Waals surface area contributed by atoms with Crippen LogP contribution in [-0.2, 0) is 23.5 Å². The van der Waals surface area contributed by atoms with E-state index in [1.807, 2.05) is 36.4 Å². The van der Waals surface area contributed by atoms with Crippen LogP contribution in [0.15, 0.2) is 96.1 Å². The van der Waals surface area contributed by atoms with Crippen LogP contribution in [0.2, 0.25) is 5.04 Å². The van der Waals surface area contributed by atoms with Crippen molar-refractivity contribution in [1.29, 1.82) is 0 Å². The Bertz CT molecular complexity index is 1590. The zero-order valence-electron chi connectivity index (χ0n) is 32.5. The molecule has 0 N–H and O–H groups in total. The molecule has 290 valence electrons. The van der Waals surface area contributed by atoms with Crippen LogP contribution in [0, 0.1) is 0 Å². The molecule has 0 radical (unpaired) electrons. The molecule has 0 amide bonds. The van der Waals surface area contributed by atoms with Crippen molar-refractivity contribution in [2.24, 2.45) is 5.11 Å². The maximum atomic E-state index is 13.5. The molecule has 0 saturated carbocycles. The molecule has 0 heterocycles. The number of hydrogen-bond donors (Lipinski definition) is 0. The van der Waals surface area contributed by atoms with E-state index in [-0.39, 0.29) is 6.61 Å². The van der Waals surface area contributed by atoms with Crippen LogP contribution in [0.3, 0.4) is 0 Å². The molecule has 0 bridgehead atoms. The van der Waals surface area contributed by atoms with E-state index in [1.54, 1.807) is 30.3 Å². The summed E-state index contributed by atoms with van der Waals surface area (Å²) < 4.78 is 44.6. The molecular weight excluding hydrogens is 703 g/mol. The van der Waals surface area contributed by atoms with Crippen LogP contribution in [0.5, 0.6) is 0 Å². The zero-order valence-corrected chi connectivity index (χ0v) is 34.3. The van der Waals surface area contributed by atoms with Gasteiger partial charge in [0.15, 0.2) is 0 Å². The van der Waals surface area contributed by atoms with Crippen molar-refractivity contribution in [1.82, 2.24) is 0 Å². The molecule has 0 aliphatic carbocycles. The Hall–Kier alpha value is -3.47. The third-order valence-electron chi connectivity index (χ3n) is 9.73. The number of esters is 1. The Kier molecular flexibility index (Phi) is 18.8. The van der Waals surface area contributed by atoms with Crippen molar-refractivity contribution in [3.05, 3.63) is 107 Å². The van der Waals surface area contributed by atoms with Crippen LogP contribution >= 0.6 is 0 Å². The van der Waals surface area contributed by atoms with Gasteiger partial charge in [0.05, 0.1) is 17.9 Å². The summed E-state index contributed by atoms with van der Waals surface area (Å²) >= 11 is 0. The third kappa shape index (κ3) is 14.4. The van der Waals surface area contributed by atoms with Crippen molar-refractivity contribution in [3.8, 4) is 0 Å². The summed E-state index contributed by atoms with van der Waals surface area (Å²) in [4.78, 5) is 16.6. The third-order valence-corrected chi connectivity index (χ3v) is 15.3. The molecule has 0 aromatic heterocycles. The Morgan fingerprint density at radius 3 is 1.64 bits per heavy atom. The molecule has 0 saturated heterocycles. The fraction of sp³-hybridized carbons (Fsp3) is 0.548. The average Bonchev–Trinajstić information content (AvgIpc) is 3.14. The number of benzene rings is 3. The van der Waals surface area contributed by atoms with E-state index in [9.17, 15) is 18.7 Å². The Balaban J connectivity index is 1.89. The molecule has 0 fully saturated rings. The lowest BCUT2D eigenvalue weighted by atomic mass is 9.99. The minimum atomic E-state index is -4.09. The summed E-state index contributed by atoms with van der Waals surface area (Å²) in [5.41, 5.74) is 10.2. The van der Waals surface area contributed by atoms with Gasteiger partial charge >= 0.3 is 5.97 Å². The maximum absolute atomic E-state index is 13.5. The highest BCUT2D eigenvalue weighted by Crippen LogP contribution is 2.37. The fourth-order valence-corrected chi connectivity index (χ4v) is 12.3. The summed E-state index contributed by atoms with van der Waals surface area (Å²) in [5, 5.41) is 5.73. The van der Waals surface area contributed by atoms with Crippen LogP contribution < -0.4 is 10.4 Å². The summed E-state index contributed by atoms with van der Waals surface area (Å²) in [6.45, 7) is 8.47. The van der Waals surface area contributed by atoms with E-state index in [1.165, 1.54) is 51.4 Å². The number of ether oxygens (including phenoxy) is 1. The Labute approximate surface area is 319 Å². The van der Waals surface area contributed by atoms with Crippen molar-refractivity contribution in [3.63, 3.8) is 0 Å². The fourth-order valence-electron chi connectivity index (χ4n) is 7.06. The minimum Gasteiger partial charge on any atom is -0.456 e. The molecule has 3 atom stereocenters. The van der Waals surface area contributed by atoms with Crippen LogP contribution in [0.1, 0.15) is 122 Å². The van der Waals surface area contributed by atoms with E-state index in [0.29, 0.717) is 18.4 Å². The van der Waals surface area contributed by atoms with Crippen molar-refractivity contribution < 1.29 is 26.6 Å². The first-order valence-electron chi connectivity index (χ1n) is 19.4. The predicted molar refractivity (Wildman–Crippen MR) is 218 cm³/mol. The lowest BCUT2D eigenvalue weighted by Crippen LogP contribution is -2.67. The monoisotopic (exact) mass is 763 g/mol. The minimum absolute atomic E-state index is 0.157. The van der Waals surface area contributed by atoms with Crippen molar-refractivity contribution in [2.45, 2.75) is 134 Å². The van der Waals surface area contributed by atoms with Crippen molar-refractivity contribution >= 4 is 34.8 Å². The summed E-state index contributed by atoms with van der Waals surface area (Å²) in [7, 11) is -7.21. The van der Waals surface area contributed by atoms with Gasteiger partial charge in [-0.1, -0.05) is 182 Å². The van der Waals surface area contributed by atoms with Crippen LogP contribution in [0.4, 0.5) is 0 Å². The molecule has 0 aliphatic rings. The molecule has 3 rings (SSSR count). The van der Waals surface area contributed by atoms with Gasteiger partial charge in [0.1, 0.15) is 12.2 Å². The van der Waals surface area contributed by atoms with Gasteiger partial charge < -0.3 is 9.16 Å². The molecular formula is C42H61N3O6SSi. The molecule has 9 nitrogen and oxygen atoms in total. The first-order valence-corrected chi connectivity index (χ1v) is 23.1. The van der Waals surface area contributed by atoms with E-state index in [2.05, 4.69) is 62.0 Å². The van der Waals surface area contributed by atoms with E-state index >= 15 is 0 Å². The molecule has 0 spiro atoms. The quantitative estimate of drug-likeness (QED) is 0.0161. The van der Waals surface area contributed by atoms with Gasteiger partial charge in [-0.2, -0.15) is 8.42 Å². The number of carbonyl (C=O) groups is 1. The first-order chi connectivity index (χ1) is 25.4. The highest BCUT2D eigenvalue weighted by Gasteiger charge is 2.51. The van der Waals surface area contributed by atoms with Gasteiger partial charge in [-0.05, 0) is 45.9 Å². The molecule has 3 aromatic carbocycles. The number of hydrogen-bond acceptors (Lipinski definition) is 7. The normalized spacial score (nSPS) is 13.8. The summed E-state index contributed by atoms with van der Waals surface area (Å²) in [5.74, 6) is -0.607. The Morgan fingerprint density at radius 1 is 0.755 bits per heavy atom. The lowest BCUT2D eigenvalue weighted by molar-refractivity contribution is -0.0236. The van der Waals surface area contributed by atoms with Gasteiger partial charge in [-0.3, -0.25) is 4.18 Å². The second-order valence-electron chi connectivity index (χ2n) is 15.0. The number of rotatable bonds is 25. The van der Waals surface area contributed by atoms with E-state index in [0.717, 1.165) is 35.9 Å². The predicted octanol–water partition coefficient (Wildman–Crippen LogP) is 9.90. The van der Waals surface area contributed by atoms with Gasteiger partial charge in [0.2, 0.25) is 0 Å². The Morgan fingerprint density at radius 2 is 1.21 bits per heavy atom. The van der Waals surface area contributed by atoms with Gasteiger partial charge in [-0.15, -0.1) is 0 Å². The molecule has 0 unspecified atom stereocenters. The van der Waals surface area contributed by atoms with Gasteiger partial charge in [-0.25, -0.2) is 4.79 Å². The van der Waals surface area contributed by atoms with Gasteiger partial charge in [0, 0.05) is 11.5 Å². The highest BCUT2D eigenvalue weighted by molar-refractivity contribution is 7.86. The SMILES string of the molecule is CCCCCCCCCCCCCC[C@H](OC(=O)c1ccccc1)[C@@H](OS(C)(=O)=O)[C@H](CO[Si](c1ccccc1)(c1ccccc1)C(C)(C)C)N=[N+]=[N-]. The standard InChI is InChI=1S/C42H61N3O6SSi/c1-6-7-8-9-10-11-12-13-14-15-16-26-33-39(50-41(46)35-27-20-17-21-28-35)40(51-52(5,47)48)38(44-45-43)34-49-53(42(2,3)4,36-29-22-18-23-30-36)37-31-24-19-25-32-37/h17-25,27-32,38-40H,6-16,26,33-34H2,1-5H3/t38-,39-,40-/m0/s1. The highest BCUT2D eigenvalue weighted by atomic mass is 32.2. The van der Waals surface area contributed by atoms with Gasteiger partial charge in [0.25, 0.3) is 18.4 Å². The summed E-state index contributed by atoms with van der Waals surface area (Å²) in [6.07, 6.45) is 12.8. The number of unbranched alkanes of at least 4 members (excludes halogenated alkanes) is 11. The van der Waals surface area contributed by atoms with Crippen LogP contribution in [0.25, 0.3) is 10.4 Å². The smallest absolute Gasteiger partial charge is 0.338 e. The largest absolute Gasteiger partial charge is 0.456 e. The van der Waals surface area contributed by atoms with E-state index < -0.39 is 47.7 Å². The topological polar surface area (TPSA) is 128 Å². The zero-order chi connectivity index (χ0) is 38.6. The maximum Gasteiger partial charge on any atom is 0.338 e. The molecule has 0 aliphatic heterocycles.